The maximum absolute atomic E-state index is 5.74. The number of nitrogens with zero attached hydrogens (tertiary/aromatic N) is 1. The molecule has 1 saturated carbocycles. The number of rotatable bonds is 9. The largest absolute Gasteiger partial charge is 0.381 e. The summed E-state index contributed by atoms with van der Waals surface area (Å²) in [5, 5.41) is 6.99. The van der Waals surface area contributed by atoms with Crippen molar-refractivity contribution in [3.05, 3.63) is 0 Å². The van der Waals surface area contributed by atoms with Gasteiger partial charge in [0, 0.05) is 38.3 Å². The molecule has 2 N–H and O–H groups in total. The number of aliphatic imine (C=N–C) groups is 1. The third kappa shape index (κ3) is 9.43. The highest BCUT2D eigenvalue weighted by Gasteiger charge is 2.20. The van der Waals surface area contributed by atoms with E-state index >= 15 is 0 Å². The summed E-state index contributed by atoms with van der Waals surface area (Å²) in [6.45, 7) is 9.56. The van der Waals surface area contributed by atoms with Crippen LogP contribution < -0.4 is 10.6 Å². The lowest BCUT2D eigenvalue weighted by atomic mass is 9.84. The molecule has 6 heteroatoms. The van der Waals surface area contributed by atoms with Crippen molar-refractivity contribution < 1.29 is 9.47 Å². The molecule has 1 heterocycles. The number of nitrogens with one attached hydrogen (secondary N) is 2. The summed E-state index contributed by atoms with van der Waals surface area (Å²) in [5.41, 5.74) is 0. The lowest BCUT2D eigenvalue weighted by Gasteiger charge is -2.29. The zero-order valence-corrected chi connectivity index (χ0v) is 18.4. The zero-order chi connectivity index (χ0) is 17.0. The van der Waals surface area contributed by atoms with Crippen LogP contribution in [0.25, 0.3) is 0 Å². The fourth-order valence-electron chi connectivity index (χ4n) is 3.55. The van der Waals surface area contributed by atoms with Gasteiger partial charge in [0.1, 0.15) is 0 Å². The van der Waals surface area contributed by atoms with Gasteiger partial charge in [-0.05, 0) is 51.4 Å². The van der Waals surface area contributed by atoms with Gasteiger partial charge in [0.05, 0.1) is 13.2 Å². The smallest absolute Gasteiger partial charge is 0.191 e. The van der Waals surface area contributed by atoms with E-state index in [0.29, 0.717) is 12.0 Å². The van der Waals surface area contributed by atoms with E-state index in [-0.39, 0.29) is 24.0 Å². The Bertz CT molecular complexity index is 355. The summed E-state index contributed by atoms with van der Waals surface area (Å²) in [4.78, 5) is 4.71. The lowest BCUT2D eigenvalue weighted by Crippen LogP contribution is -2.45. The van der Waals surface area contributed by atoms with Crippen LogP contribution in [0.1, 0.15) is 58.8 Å². The first-order valence-corrected chi connectivity index (χ1v) is 10.0. The molecule has 1 atom stereocenters. The van der Waals surface area contributed by atoms with E-state index in [2.05, 4.69) is 24.5 Å². The SMILES string of the molecule is CCNC(=NCCCOCC1CCOC1)NC1CCC(CC)CC1.I. The Labute approximate surface area is 171 Å². The van der Waals surface area contributed by atoms with E-state index in [9.17, 15) is 0 Å². The second kappa shape index (κ2) is 14.0. The van der Waals surface area contributed by atoms with Crippen molar-refractivity contribution in [2.24, 2.45) is 16.8 Å². The van der Waals surface area contributed by atoms with Crippen LogP contribution in [0.15, 0.2) is 4.99 Å². The van der Waals surface area contributed by atoms with Crippen molar-refractivity contribution in [3.8, 4) is 0 Å². The fraction of sp³-hybridized carbons (Fsp3) is 0.947. The average molecular weight is 467 g/mol. The van der Waals surface area contributed by atoms with E-state index in [0.717, 1.165) is 64.2 Å². The molecular weight excluding hydrogens is 429 g/mol. The summed E-state index contributed by atoms with van der Waals surface area (Å²) in [5.74, 6) is 2.51. The molecule has 2 fully saturated rings. The quantitative estimate of drug-likeness (QED) is 0.236. The normalized spacial score (nSPS) is 27.0. The molecule has 1 aliphatic heterocycles. The van der Waals surface area contributed by atoms with Crippen LogP contribution in [0.3, 0.4) is 0 Å². The topological polar surface area (TPSA) is 54.9 Å². The Morgan fingerprint density at radius 3 is 2.56 bits per heavy atom. The van der Waals surface area contributed by atoms with Crippen LogP contribution in [0.5, 0.6) is 0 Å². The molecule has 2 rings (SSSR count). The molecule has 0 amide bonds. The van der Waals surface area contributed by atoms with Crippen LogP contribution >= 0.6 is 24.0 Å². The second-order valence-electron chi connectivity index (χ2n) is 7.19. The van der Waals surface area contributed by atoms with Gasteiger partial charge < -0.3 is 20.1 Å². The van der Waals surface area contributed by atoms with Gasteiger partial charge in [-0.1, -0.05) is 13.3 Å². The van der Waals surface area contributed by atoms with Crippen molar-refractivity contribution in [1.82, 2.24) is 10.6 Å². The molecule has 0 aromatic rings. The third-order valence-electron chi connectivity index (χ3n) is 5.20. The van der Waals surface area contributed by atoms with Gasteiger partial charge in [-0.15, -0.1) is 24.0 Å². The Hall–Kier alpha value is -0.0800. The van der Waals surface area contributed by atoms with Crippen LogP contribution in [0.2, 0.25) is 0 Å². The molecule has 1 unspecified atom stereocenters. The van der Waals surface area contributed by atoms with E-state index in [1.807, 2.05) is 0 Å². The Kier molecular flexibility index (Phi) is 12.9. The average Bonchev–Trinajstić information content (AvgIpc) is 3.12. The Balaban J connectivity index is 0.00000312. The van der Waals surface area contributed by atoms with Crippen LogP contribution in [0, 0.1) is 11.8 Å². The predicted molar refractivity (Wildman–Crippen MR) is 115 cm³/mol. The van der Waals surface area contributed by atoms with Crippen LogP contribution in [-0.4, -0.2) is 51.5 Å². The van der Waals surface area contributed by atoms with Gasteiger partial charge in [0.2, 0.25) is 0 Å². The van der Waals surface area contributed by atoms with Crippen molar-refractivity contribution in [3.63, 3.8) is 0 Å². The standard InChI is InChI=1S/C19H37N3O2.HI/c1-3-16-6-8-18(9-7-16)22-19(20-4-2)21-11-5-12-23-14-17-10-13-24-15-17;/h16-18H,3-15H2,1-2H3,(H2,20,21,22);1H. The van der Waals surface area contributed by atoms with Gasteiger partial charge in [-0.2, -0.15) is 0 Å². The molecule has 1 saturated heterocycles. The van der Waals surface area contributed by atoms with Crippen LogP contribution in [0.4, 0.5) is 0 Å². The predicted octanol–water partition coefficient (Wildman–Crippen LogP) is 3.57. The minimum atomic E-state index is 0. The molecule has 5 nitrogen and oxygen atoms in total. The molecule has 0 bridgehead atoms. The monoisotopic (exact) mass is 467 g/mol. The van der Waals surface area contributed by atoms with E-state index in [1.54, 1.807) is 0 Å². The summed E-state index contributed by atoms with van der Waals surface area (Å²) in [6, 6.07) is 0.587. The minimum Gasteiger partial charge on any atom is -0.381 e. The Morgan fingerprint density at radius 2 is 1.92 bits per heavy atom. The molecule has 25 heavy (non-hydrogen) atoms. The number of halogens is 1. The highest BCUT2D eigenvalue weighted by Crippen LogP contribution is 2.26. The number of hydrogen-bond donors (Lipinski definition) is 2. The summed E-state index contributed by atoms with van der Waals surface area (Å²) < 4.78 is 11.1. The summed E-state index contributed by atoms with van der Waals surface area (Å²) in [6.07, 6.45) is 8.71. The highest BCUT2D eigenvalue weighted by molar-refractivity contribution is 14.0. The Morgan fingerprint density at radius 1 is 1.12 bits per heavy atom. The van der Waals surface area contributed by atoms with Crippen molar-refractivity contribution >= 4 is 29.9 Å². The summed E-state index contributed by atoms with van der Waals surface area (Å²) >= 11 is 0. The van der Waals surface area contributed by atoms with Crippen molar-refractivity contribution in [2.75, 3.05) is 39.5 Å². The van der Waals surface area contributed by atoms with E-state index < -0.39 is 0 Å². The molecule has 1 aliphatic carbocycles. The number of guanidine groups is 1. The third-order valence-corrected chi connectivity index (χ3v) is 5.20. The molecule has 148 valence electrons. The van der Waals surface area contributed by atoms with Gasteiger partial charge in [-0.3, -0.25) is 4.99 Å². The molecule has 0 radical (unpaired) electrons. The first-order valence-electron chi connectivity index (χ1n) is 10.0. The maximum Gasteiger partial charge on any atom is 0.191 e. The van der Waals surface area contributed by atoms with Gasteiger partial charge in [0.15, 0.2) is 5.96 Å². The van der Waals surface area contributed by atoms with Crippen molar-refractivity contribution in [1.29, 1.82) is 0 Å². The van der Waals surface area contributed by atoms with Gasteiger partial charge in [-0.25, -0.2) is 0 Å². The first-order chi connectivity index (χ1) is 11.8. The molecule has 2 aliphatic rings. The number of hydrogen-bond acceptors (Lipinski definition) is 3. The second-order valence-corrected chi connectivity index (χ2v) is 7.19. The van der Waals surface area contributed by atoms with E-state index in [1.165, 1.54) is 32.1 Å². The summed E-state index contributed by atoms with van der Waals surface area (Å²) in [7, 11) is 0. The number of ether oxygens (including phenoxy) is 2. The molecule has 0 spiro atoms. The fourth-order valence-corrected chi connectivity index (χ4v) is 3.55. The lowest BCUT2D eigenvalue weighted by molar-refractivity contribution is 0.0893. The van der Waals surface area contributed by atoms with Gasteiger partial charge in [0.25, 0.3) is 0 Å². The molecular formula is C19H38IN3O2. The molecule has 0 aromatic carbocycles. The molecule has 0 aromatic heterocycles. The highest BCUT2D eigenvalue weighted by atomic mass is 127. The zero-order valence-electron chi connectivity index (χ0n) is 16.1. The maximum atomic E-state index is 5.74. The van der Waals surface area contributed by atoms with Gasteiger partial charge >= 0.3 is 0 Å². The van der Waals surface area contributed by atoms with Crippen molar-refractivity contribution in [2.45, 2.75) is 64.8 Å². The van der Waals surface area contributed by atoms with Crippen LogP contribution in [-0.2, 0) is 9.47 Å². The van der Waals surface area contributed by atoms with E-state index in [4.69, 9.17) is 14.5 Å². The first kappa shape index (κ1) is 23.0. The minimum absolute atomic E-state index is 0.